The molecule has 0 saturated carbocycles. The summed E-state index contributed by atoms with van der Waals surface area (Å²) in [5, 5.41) is 14.6. The van der Waals surface area contributed by atoms with Gasteiger partial charge in [0.1, 0.15) is 0 Å². The molecule has 0 radical (unpaired) electrons. The van der Waals surface area contributed by atoms with Crippen LogP contribution in [0.2, 0.25) is 5.02 Å². The van der Waals surface area contributed by atoms with Crippen LogP contribution in [-0.2, 0) is 17.7 Å². The number of pyridine rings is 2. The minimum absolute atomic E-state index is 0.00326. The van der Waals surface area contributed by atoms with Crippen molar-refractivity contribution in [1.29, 1.82) is 0 Å². The highest BCUT2D eigenvalue weighted by Crippen LogP contribution is 2.28. The highest BCUT2D eigenvalue weighted by atomic mass is 35.5. The van der Waals surface area contributed by atoms with Gasteiger partial charge in [-0.25, -0.2) is 4.98 Å². The van der Waals surface area contributed by atoms with Gasteiger partial charge in [0.15, 0.2) is 11.4 Å². The Hall–Kier alpha value is -2.70. The SMILES string of the molecule is O=C(NCc1ccc(Cl)cc1)c1ncc2ncc(CC3CCOCC3)cc2c1O. The van der Waals surface area contributed by atoms with Crippen molar-refractivity contribution < 1.29 is 14.6 Å². The summed E-state index contributed by atoms with van der Waals surface area (Å²) >= 11 is 5.88. The maximum Gasteiger partial charge on any atom is 0.274 e. The van der Waals surface area contributed by atoms with Crippen molar-refractivity contribution in [3.8, 4) is 5.75 Å². The second kappa shape index (κ2) is 8.76. The van der Waals surface area contributed by atoms with Crippen LogP contribution in [0.1, 0.15) is 34.5 Å². The number of halogens is 1. The van der Waals surface area contributed by atoms with Gasteiger partial charge in [0.05, 0.1) is 11.7 Å². The van der Waals surface area contributed by atoms with Crippen LogP contribution in [-0.4, -0.2) is 34.2 Å². The van der Waals surface area contributed by atoms with Gasteiger partial charge in [-0.1, -0.05) is 23.7 Å². The summed E-state index contributed by atoms with van der Waals surface area (Å²) in [6.45, 7) is 1.90. The molecule has 0 spiro atoms. The summed E-state index contributed by atoms with van der Waals surface area (Å²) in [5.74, 6) is -0.0271. The third kappa shape index (κ3) is 4.66. The second-order valence-electron chi connectivity index (χ2n) is 7.30. The molecule has 1 saturated heterocycles. The first-order chi connectivity index (χ1) is 14.1. The molecule has 1 aliphatic rings. The molecule has 1 amide bonds. The first-order valence-electron chi connectivity index (χ1n) is 9.67. The number of rotatable bonds is 5. The number of amides is 1. The number of ether oxygens (including phenoxy) is 1. The molecule has 2 N–H and O–H groups in total. The van der Waals surface area contributed by atoms with Gasteiger partial charge in [-0.2, -0.15) is 0 Å². The topological polar surface area (TPSA) is 84.3 Å². The van der Waals surface area contributed by atoms with Gasteiger partial charge in [-0.15, -0.1) is 0 Å². The summed E-state index contributed by atoms with van der Waals surface area (Å²) in [6.07, 6.45) is 6.27. The highest BCUT2D eigenvalue weighted by Gasteiger charge is 2.18. The molecule has 3 heterocycles. The zero-order chi connectivity index (χ0) is 20.2. The van der Waals surface area contributed by atoms with E-state index in [1.165, 1.54) is 6.20 Å². The lowest BCUT2D eigenvalue weighted by molar-refractivity contribution is 0.0665. The van der Waals surface area contributed by atoms with Crippen LogP contribution in [0, 0.1) is 5.92 Å². The molecule has 1 fully saturated rings. The molecule has 29 heavy (non-hydrogen) atoms. The van der Waals surface area contributed by atoms with Gasteiger partial charge in [-0.05, 0) is 54.5 Å². The molecule has 0 atom stereocenters. The van der Waals surface area contributed by atoms with E-state index in [4.69, 9.17) is 16.3 Å². The first kappa shape index (κ1) is 19.6. The summed E-state index contributed by atoms with van der Waals surface area (Å²) in [5.41, 5.74) is 2.51. The predicted molar refractivity (Wildman–Crippen MR) is 111 cm³/mol. The van der Waals surface area contributed by atoms with Crippen molar-refractivity contribution in [1.82, 2.24) is 15.3 Å². The number of aromatic nitrogens is 2. The maximum absolute atomic E-state index is 12.6. The number of benzene rings is 1. The average Bonchev–Trinajstić information content (AvgIpc) is 2.74. The molecule has 1 aliphatic heterocycles. The third-order valence-electron chi connectivity index (χ3n) is 5.22. The molecule has 0 bridgehead atoms. The van der Waals surface area contributed by atoms with Crippen molar-refractivity contribution in [2.24, 2.45) is 5.92 Å². The molecule has 6 nitrogen and oxygen atoms in total. The summed E-state index contributed by atoms with van der Waals surface area (Å²) in [6, 6.07) is 9.11. The largest absolute Gasteiger partial charge is 0.505 e. The van der Waals surface area contributed by atoms with E-state index in [0.29, 0.717) is 28.4 Å². The smallest absolute Gasteiger partial charge is 0.274 e. The van der Waals surface area contributed by atoms with Gasteiger partial charge in [0.25, 0.3) is 5.91 Å². The number of nitrogens with zero attached hydrogens (tertiary/aromatic N) is 2. The van der Waals surface area contributed by atoms with E-state index in [2.05, 4.69) is 15.3 Å². The van der Waals surface area contributed by atoms with E-state index in [1.807, 2.05) is 24.4 Å². The predicted octanol–water partition coefficient (Wildman–Crippen LogP) is 3.89. The average molecular weight is 412 g/mol. The molecular formula is C22H22ClN3O3. The molecule has 4 rings (SSSR count). The van der Waals surface area contributed by atoms with Crippen molar-refractivity contribution in [2.45, 2.75) is 25.8 Å². The van der Waals surface area contributed by atoms with Crippen molar-refractivity contribution >= 4 is 28.4 Å². The summed E-state index contributed by atoms with van der Waals surface area (Å²) in [7, 11) is 0. The standard InChI is InChI=1S/C22H22ClN3O3/c23-17-3-1-15(2-4-17)11-26-22(28)20-21(27)18-10-16(12-24-19(18)13-25-20)9-14-5-7-29-8-6-14/h1-4,10,12-14,27H,5-9,11H2,(H,26,28). The lowest BCUT2D eigenvalue weighted by Gasteiger charge is -2.21. The first-order valence-corrected chi connectivity index (χ1v) is 10.0. The Balaban J connectivity index is 1.52. The number of hydrogen-bond donors (Lipinski definition) is 2. The highest BCUT2D eigenvalue weighted by molar-refractivity contribution is 6.30. The molecule has 7 heteroatoms. The summed E-state index contributed by atoms with van der Waals surface area (Å²) in [4.78, 5) is 21.1. The molecule has 2 aromatic heterocycles. The minimum Gasteiger partial charge on any atom is -0.505 e. The van der Waals surface area contributed by atoms with Crippen LogP contribution in [0.15, 0.2) is 42.7 Å². The Kier molecular flexibility index (Phi) is 5.92. The van der Waals surface area contributed by atoms with E-state index >= 15 is 0 Å². The Morgan fingerprint density at radius 2 is 1.90 bits per heavy atom. The lowest BCUT2D eigenvalue weighted by atomic mass is 9.92. The quantitative estimate of drug-likeness (QED) is 0.665. The van der Waals surface area contributed by atoms with Crippen molar-refractivity contribution in [2.75, 3.05) is 13.2 Å². The van der Waals surface area contributed by atoms with Gasteiger partial charge in [0, 0.05) is 36.4 Å². The monoisotopic (exact) mass is 411 g/mol. The van der Waals surface area contributed by atoms with Crippen LogP contribution < -0.4 is 5.32 Å². The van der Waals surface area contributed by atoms with Gasteiger partial charge in [-0.3, -0.25) is 9.78 Å². The number of aromatic hydroxyl groups is 1. The van der Waals surface area contributed by atoms with Gasteiger partial charge < -0.3 is 15.2 Å². The van der Waals surface area contributed by atoms with Crippen LogP contribution in [0.25, 0.3) is 10.9 Å². The second-order valence-corrected chi connectivity index (χ2v) is 7.74. The van der Waals surface area contributed by atoms with Crippen LogP contribution in [0.3, 0.4) is 0 Å². The van der Waals surface area contributed by atoms with Crippen LogP contribution in [0.4, 0.5) is 0 Å². The molecule has 0 aliphatic carbocycles. The Morgan fingerprint density at radius 1 is 1.14 bits per heavy atom. The van der Waals surface area contributed by atoms with Gasteiger partial charge >= 0.3 is 0 Å². The molecule has 3 aromatic rings. The van der Waals surface area contributed by atoms with E-state index in [-0.39, 0.29) is 11.4 Å². The number of hydrogen-bond acceptors (Lipinski definition) is 5. The maximum atomic E-state index is 12.6. The number of carbonyl (C=O) groups is 1. The van der Waals surface area contributed by atoms with E-state index in [1.54, 1.807) is 12.1 Å². The fourth-order valence-electron chi connectivity index (χ4n) is 3.56. The molecule has 150 valence electrons. The minimum atomic E-state index is -0.436. The Labute approximate surface area is 173 Å². The van der Waals surface area contributed by atoms with E-state index in [9.17, 15) is 9.90 Å². The zero-order valence-corrected chi connectivity index (χ0v) is 16.7. The van der Waals surface area contributed by atoms with Crippen LogP contribution in [0.5, 0.6) is 5.75 Å². The third-order valence-corrected chi connectivity index (χ3v) is 5.47. The van der Waals surface area contributed by atoms with E-state index in [0.717, 1.165) is 43.6 Å². The lowest BCUT2D eigenvalue weighted by Crippen LogP contribution is -2.24. The fraction of sp³-hybridized carbons (Fsp3) is 0.318. The zero-order valence-electron chi connectivity index (χ0n) is 15.9. The number of carbonyl (C=O) groups excluding carboxylic acids is 1. The molecule has 1 aromatic carbocycles. The van der Waals surface area contributed by atoms with E-state index < -0.39 is 5.91 Å². The normalized spacial score (nSPS) is 14.8. The van der Waals surface area contributed by atoms with Gasteiger partial charge in [0.2, 0.25) is 0 Å². The van der Waals surface area contributed by atoms with Crippen LogP contribution >= 0.6 is 11.6 Å². The Bertz CT molecular complexity index is 1020. The molecule has 0 unspecified atom stereocenters. The Morgan fingerprint density at radius 3 is 2.66 bits per heavy atom. The summed E-state index contributed by atoms with van der Waals surface area (Å²) < 4.78 is 5.41. The molecular weight excluding hydrogens is 390 g/mol. The number of nitrogens with one attached hydrogen (secondary N) is 1. The van der Waals surface area contributed by atoms with Crippen molar-refractivity contribution in [3.63, 3.8) is 0 Å². The fourth-order valence-corrected chi connectivity index (χ4v) is 3.68. The van der Waals surface area contributed by atoms with Crippen molar-refractivity contribution in [3.05, 3.63) is 64.6 Å². The number of fused-ring (bicyclic) bond motifs is 1.